The lowest BCUT2D eigenvalue weighted by Gasteiger charge is -2.17. The zero-order chi connectivity index (χ0) is 13.3. The SMILES string of the molecule is Cc1ccsc1C(C)Nc1c(C)cc(Cl)nc1Cl. The highest BCUT2D eigenvalue weighted by Gasteiger charge is 2.14. The molecule has 18 heavy (non-hydrogen) atoms. The molecule has 0 saturated heterocycles. The van der Waals surface area contributed by atoms with Gasteiger partial charge in [-0.3, -0.25) is 0 Å². The van der Waals surface area contributed by atoms with Gasteiger partial charge in [-0.15, -0.1) is 11.3 Å². The van der Waals surface area contributed by atoms with Gasteiger partial charge >= 0.3 is 0 Å². The molecule has 1 atom stereocenters. The summed E-state index contributed by atoms with van der Waals surface area (Å²) >= 11 is 13.7. The monoisotopic (exact) mass is 300 g/mol. The number of halogens is 2. The maximum Gasteiger partial charge on any atom is 0.154 e. The Bertz CT molecular complexity index is 543. The minimum atomic E-state index is 0.198. The van der Waals surface area contributed by atoms with E-state index < -0.39 is 0 Å². The first-order valence-corrected chi connectivity index (χ1v) is 7.25. The van der Waals surface area contributed by atoms with E-state index in [4.69, 9.17) is 23.2 Å². The third-order valence-corrected chi connectivity index (χ3v) is 4.47. The molecule has 1 unspecified atom stereocenters. The number of anilines is 1. The van der Waals surface area contributed by atoms with Gasteiger partial charge in [-0.25, -0.2) is 4.98 Å². The van der Waals surface area contributed by atoms with Crippen LogP contribution < -0.4 is 5.32 Å². The predicted octanol–water partition coefficient (Wildman–Crippen LogP) is 5.24. The largest absolute Gasteiger partial charge is 0.375 e. The molecule has 5 heteroatoms. The third-order valence-electron chi connectivity index (χ3n) is 2.80. The summed E-state index contributed by atoms with van der Waals surface area (Å²) in [5.74, 6) is 0. The summed E-state index contributed by atoms with van der Waals surface area (Å²) < 4.78 is 0. The lowest BCUT2D eigenvalue weighted by molar-refractivity contribution is 0.894. The Labute approximate surface area is 121 Å². The van der Waals surface area contributed by atoms with Crippen molar-refractivity contribution in [3.63, 3.8) is 0 Å². The van der Waals surface area contributed by atoms with Gasteiger partial charge in [0, 0.05) is 4.88 Å². The number of rotatable bonds is 3. The Kier molecular flexibility index (Phi) is 4.15. The minimum Gasteiger partial charge on any atom is -0.375 e. The quantitative estimate of drug-likeness (QED) is 0.784. The number of aromatic nitrogens is 1. The molecule has 0 radical (unpaired) electrons. The topological polar surface area (TPSA) is 24.9 Å². The fourth-order valence-electron chi connectivity index (χ4n) is 1.88. The molecular formula is C13H14Cl2N2S. The van der Waals surface area contributed by atoms with Crippen LogP contribution in [0.15, 0.2) is 17.5 Å². The number of nitrogens with zero attached hydrogens (tertiary/aromatic N) is 1. The third kappa shape index (κ3) is 2.79. The molecule has 0 spiro atoms. The zero-order valence-electron chi connectivity index (χ0n) is 10.4. The Morgan fingerprint density at radius 3 is 2.56 bits per heavy atom. The van der Waals surface area contributed by atoms with E-state index >= 15 is 0 Å². The Balaban J connectivity index is 2.27. The minimum absolute atomic E-state index is 0.198. The second kappa shape index (κ2) is 5.47. The molecule has 0 bridgehead atoms. The van der Waals surface area contributed by atoms with E-state index in [0.29, 0.717) is 10.3 Å². The number of nitrogens with one attached hydrogen (secondary N) is 1. The number of hydrogen-bond donors (Lipinski definition) is 1. The highest BCUT2D eigenvalue weighted by atomic mass is 35.5. The lowest BCUT2D eigenvalue weighted by Crippen LogP contribution is -2.08. The zero-order valence-corrected chi connectivity index (χ0v) is 12.7. The van der Waals surface area contributed by atoms with Crippen LogP contribution >= 0.6 is 34.5 Å². The van der Waals surface area contributed by atoms with Crippen LogP contribution in [0, 0.1) is 13.8 Å². The number of pyridine rings is 1. The summed E-state index contributed by atoms with van der Waals surface area (Å²) in [5.41, 5.74) is 3.14. The standard InChI is InChI=1S/C13H14Cl2N2S/c1-7-4-5-18-12(7)9(3)16-11-8(2)6-10(14)17-13(11)15/h4-6,9,16H,1-3H3. The number of thiophene rings is 1. The highest BCUT2D eigenvalue weighted by Crippen LogP contribution is 2.32. The van der Waals surface area contributed by atoms with Crippen molar-refractivity contribution in [2.24, 2.45) is 0 Å². The Hall–Kier alpha value is -0.770. The molecule has 2 nitrogen and oxygen atoms in total. The van der Waals surface area contributed by atoms with Crippen molar-refractivity contribution in [3.05, 3.63) is 43.8 Å². The molecule has 0 aliphatic rings. The summed E-state index contributed by atoms with van der Waals surface area (Å²) in [6.45, 7) is 6.19. The molecule has 2 aromatic heterocycles. The van der Waals surface area contributed by atoms with Gasteiger partial charge in [-0.05, 0) is 49.4 Å². The van der Waals surface area contributed by atoms with Crippen LogP contribution in [0.1, 0.15) is 29.0 Å². The maximum absolute atomic E-state index is 6.13. The van der Waals surface area contributed by atoms with Crippen LogP contribution in [0.5, 0.6) is 0 Å². The van der Waals surface area contributed by atoms with Crippen LogP contribution in [-0.2, 0) is 0 Å². The van der Waals surface area contributed by atoms with E-state index in [1.165, 1.54) is 10.4 Å². The highest BCUT2D eigenvalue weighted by molar-refractivity contribution is 7.10. The van der Waals surface area contributed by atoms with E-state index in [0.717, 1.165) is 11.3 Å². The van der Waals surface area contributed by atoms with Gasteiger partial charge in [-0.2, -0.15) is 0 Å². The first-order chi connectivity index (χ1) is 8.49. The van der Waals surface area contributed by atoms with E-state index in [-0.39, 0.29) is 6.04 Å². The molecular weight excluding hydrogens is 287 g/mol. The Morgan fingerprint density at radius 1 is 1.28 bits per heavy atom. The maximum atomic E-state index is 6.13. The first-order valence-electron chi connectivity index (χ1n) is 5.62. The second-order valence-corrected chi connectivity index (χ2v) is 5.95. The molecule has 2 rings (SSSR count). The average Bonchev–Trinajstić information content (AvgIpc) is 2.69. The molecule has 0 aromatic carbocycles. The molecule has 0 saturated carbocycles. The van der Waals surface area contributed by atoms with Crippen molar-refractivity contribution in [2.45, 2.75) is 26.8 Å². The van der Waals surface area contributed by atoms with Crippen molar-refractivity contribution in [3.8, 4) is 0 Å². The first kappa shape index (κ1) is 13.7. The summed E-state index contributed by atoms with van der Waals surface area (Å²) in [4.78, 5) is 5.37. The second-order valence-electron chi connectivity index (χ2n) is 4.26. The van der Waals surface area contributed by atoms with Crippen molar-refractivity contribution in [1.29, 1.82) is 0 Å². The van der Waals surface area contributed by atoms with E-state index in [1.54, 1.807) is 11.3 Å². The average molecular weight is 301 g/mol. The molecule has 0 aliphatic heterocycles. The number of aryl methyl sites for hydroxylation is 2. The van der Waals surface area contributed by atoms with Crippen LogP contribution in [-0.4, -0.2) is 4.98 Å². The fourth-order valence-corrected chi connectivity index (χ4v) is 3.40. The van der Waals surface area contributed by atoms with E-state index in [1.807, 2.05) is 13.0 Å². The van der Waals surface area contributed by atoms with E-state index in [2.05, 4.69) is 35.6 Å². The predicted molar refractivity (Wildman–Crippen MR) is 80.1 cm³/mol. The van der Waals surface area contributed by atoms with Crippen LogP contribution in [0.3, 0.4) is 0 Å². The van der Waals surface area contributed by atoms with Gasteiger partial charge in [0.2, 0.25) is 0 Å². The van der Waals surface area contributed by atoms with Crippen LogP contribution in [0.2, 0.25) is 10.3 Å². The Morgan fingerprint density at radius 2 is 2.00 bits per heavy atom. The summed E-state index contributed by atoms with van der Waals surface area (Å²) in [7, 11) is 0. The molecule has 96 valence electrons. The summed E-state index contributed by atoms with van der Waals surface area (Å²) in [6, 6.07) is 4.13. The van der Waals surface area contributed by atoms with Gasteiger partial charge in [0.25, 0.3) is 0 Å². The van der Waals surface area contributed by atoms with Gasteiger partial charge in [0.05, 0.1) is 11.7 Å². The smallest absolute Gasteiger partial charge is 0.154 e. The van der Waals surface area contributed by atoms with Crippen molar-refractivity contribution in [1.82, 2.24) is 4.98 Å². The summed E-state index contributed by atoms with van der Waals surface area (Å²) in [6.07, 6.45) is 0. The van der Waals surface area contributed by atoms with Gasteiger partial charge < -0.3 is 5.32 Å². The van der Waals surface area contributed by atoms with Gasteiger partial charge in [0.1, 0.15) is 5.15 Å². The van der Waals surface area contributed by atoms with Gasteiger partial charge in [0.15, 0.2) is 5.15 Å². The van der Waals surface area contributed by atoms with Crippen molar-refractivity contribution >= 4 is 40.2 Å². The van der Waals surface area contributed by atoms with Crippen molar-refractivity contribution in [2.75, 3.05) is 5.32 Å². The normalized spacial score (nSPS) is 12.5. The summed E-state index contributed by atoms with van der Waals surface area (Å²) in [5, 5.41) is 6.34. The van der Waals surface area contributed by atoms with Crippen LogP contribution in [0.25, 0.3) is 0 Å². The fraction of sp³-hybridized carbons (Fsp3) is 0.308. The molecule has 2 heterocycles. The molecule has 1 N–H and O–H groups in total. The van der Waals surface area contributed by atoms with Crippen LogP contribution in [0.4, 0.5) is 5.69 Å². The van der Waals surface area contributed by atoms with Gasteiger partial charge in [-0.1, -0.05) is 23.2 Å². The van der Waals surface area contributed by atoms with E-state index in [9.17, 15) is 0 Å². The molecule has 2 aromatic rings. The number of hydrogen-bond acceptors (Lipinski definition) is 3. The lowest BCUT2D eigenvalue weighted by atomic mass is 10.1. The molecule has 0 amide bonds. The molecule has 0 fully saturated rings. The van der Waals surface area contributed by atoms with Crippen molar-refractivity contribution < 1.29 is 0 Å². The molecule has 0 aliphatic carbocycles.